The summed E-state index contributed by atoms with van der Waals surface area (Å²) in [5.41, 5.74) is 1.48. The van der Waals surface area contributed by atoms with E-state index in [1.807, 2.05) is 76.3 Å². The van der Waals surface area contributed by atoms with Crippen molar-refractivity contribution in [2.45, 2.75) is 5.16 Å². The van der Waals surface area contributed by atoms with Crippen LogP contribution in [-0.4, -0.2) is 45.4 Å². The fourth-order valence-corrected chi connectivity index (χ4v) is 3.78. The Morgan fingerprint density at radius 1 is 1.00 bits per heavy atom. The molecule has 158 valence electrons. The molecule has 1 amide bonds. The number of ether oxygens (including phenoxy) is 2. The van der Waals surface area contributed by atoms with E-state index in [0.717, 1.165) is 5.56 Å². The normalized spacial score (nSPS) is 10.6. The van der Waals surface area contributed by atoms with Gasteiger partial charge in [0.1, 0.15) is 11.5 Å². The molecule has 4 aromatic rings. The summed E-state index contributed by atoms with van der Waals surface area (Å²) in [6.45, 7) is 0. The van der Waals surface area contributed by atoms with E-state index >= 15 is 0 Å². The second-order valence-corrected chi connectivity index (χ2v) is 7.39. The Morgan fingerprint density at radius 3 is 2.58 bits per heavy atom. The average Bonchev–Trinajstić information content (AvgIpc) is 3.47. The zero-order valence-corrected chi connectivity index (χ0v) is 17.9. The number of benzene rings is 2. The summed E-state index contributed by atoms with van der Waals surface area (Å²) in [4.78, 5) is 12.5. The fourth-order valence-electron chi connectivity index (χ4n) is 3.05. The molecule has 1 N–H and O–H groups in total. The van der Waals surface area contributed by atoms with Crippen molar-refractivity contribution in [2.75, 3.05) is 25.3 Å². The second kappa shape index (κ2) is 9.40. The van der Waals surface area contributed by atoms with Crippen molar-refractivity contribution in [2.24, 2.45) is 0 Å². The molecule has 0 radical (unpaired) electrons. The van der Waals surface area contributed by atoms with Gasteiger partial charge in [-0.2, -0.15) is 0 Å². The zero-order valence-electron chi connectivity index (χ0n) is 17.1. The standard InChI is InChI=1S/C22H21N5O3S/c1-29-17-9-7-8-16(14-17)23-20(28)15-31-22-25-24-21(27(22)26-12-5-6-13-26)18-10-3-4-11-19(18)30-2/h3-14H,15H2,1-2H3,(H,23,28). The van der Waals surface area contributed by atoms with Crippen molar-refractivity contribution in [1.29, 1.82) is 0 Å². The molecule has 8 nitrogen and oxygen atoms in total. The number of carbonyl (C=O) groups excluding carboxylic acids is 1. The van der Waals surface area contributed by atoms with E-state index in [0.29, 0.717) is 28.2 Å². The molecule has 9 heteroatoms. The largest absolute Gasteiger partial charge is 0.497 e. The summed E-state index contributed by atoms with van der Waals surface area (Å²) in [5.74, 6) is 2.00. The third kappa shape index (κ3) is 4.56. The number of thioether (sulfide) groups is 1. The number of carbonyl (C=O) groups is 1. The van der Waals surface area contributed by atoms with Crippen molar-refractivity contribution in [3.05, 3.63) is 73.1 Å². The predicted molar refractivity (Wildman–Crippen MR) is 120 cm³/mol. The summed E-state index contributed by atoms with van der Waals surface area (Å²) in [6.07, 6.45) is 3.78. The number of rotatable bonds is 8. The topological polar surface area (TPSA) is 83.2 Å². The van der Waals surface area contributed by atoms with Gasteiger partial charge < -0.3 is 14.8 Å². The first kappa shape index (κ1) is 20.5. The summed E-state index contributed by atoms with van der Waals surface area (Å²) in [7, 11) is 3.21. The molecule has 0 fully saturated rings. The van der Waals surface area contributed by atoms with Gasteiger partial charge in [-0.1, -0.05) is 30.0 Å². The van der Waals surface area contributed by atoms with Crippen LogP contribution in [0.3, 0.4) is 0 Å². The lowest BCUT2D eigenvalue weighted by Crippen LogP contribution is -2.16. The van der Waals surface area contributed by atoms with E-state index in [1.165, 1.54) is 11.8 Å². The Balaban J connectivity index is 1.57. The third-order valence-corrected chi connectivity index (χ3v) is 5.38. The molecule has 0 saturated heterocycles. The molecule has 31 heavy (non-hydrogen) atoms. The number of nitrogens with one attached hydrogen (secondary N) is 1. The van der Waals surface area contributed by atoms with Crippen LogP contribution in [-0.2, 0) is 4.79 Å². The Bertz CT molecular complexity index is 1170. The van der Waals surface area contributed by atoms with Crippen LogP contribution in [0.5, 0.6) is 11.5 Å². The Kier molecular flexibility index (Phi) is 6.23. The minimum absolute atomic E-state index is 0.154. The number of amides is 1. The smallest absolute Gasteiger partial charge is 0.234 e. The summed E-state index contributed by atoms with van der Waals surface area (Å²) >= 11 is 1.30. The Morgan fingerprint density at radius 2 is 1.81 bits per heavy atom. The lowest BCUT2D eigenvalue weighted by molar-refractivity contribution is -0.113. The highest BCUT2D eigenvalue weighted by atomic mass is 32.2. The average molecular weight is 436 g/mol. The summed E-state index contributed by atoms with van der Waals surface area (Å²) in [6, 6.07) is 18.7. The molecule has 0 unspecified atom stereocenters. The number of aromatic nitrogens is 4. The second-order valence-electron chi connectivity index (χ2n) is 6.45. The van der Waals surface area contributed by atoms with Gasteiger partial charge in [0, 0.05) is 24.1 Å². The van der Waals surface area contributed by atoms with E-state index < -0.39 is 0 Å². The third-order valence-electron chi connectivity index (χ3n) is 4.47. The maximum absolute atomic E-state index is 12.5. The van der Waals surface area contributed by atoms with Crippen LogP contribution in [0.15, 0.2) is 78.2 Å². The van der Waals surface area contributed by atoms with Crippen LogP contribution >= 0.6 is 11.8 Å². The first-order valence-corrected chi connectivity index (χ1v) is 10.5. The van der Waals surface area contributed by atoms with Gasteiger partial charge in [0.05, 0.1) is 25.5 Å². The van der Waals surface area contributed by atoms with Crippen LogP contribution in [0.4, 0.5) is 5.69 Å². The maximum atomic E-state index is 12.5. The first-order valence-electron chi connectivity index (χ1n) is 9.48. The number of para-hydroxylation sites is 1. The van der Waals surface area contributed by atoms with E-state index in [2.05, 4.69) is 15.5 Å². The molecule has 4 rings (SSSR count). The highest BCUT2D eigenvalue weighted by Gasteiger charge is 2.19. The van der Waals surface area contributed by atoms with Crippen LogP contribution in [0.2, 0.25) is 0 Å². The molecule has 2 aromatic carbocycles. The molecule has 2 aromatic heterocycles. The van der Waals surface area contributed by atoms with Gasteiger partial charge in [0.2, 0.25) is 11.1 Å². The van der Waals surface area contributed by atoms with Gasteiger partial charge in [-0.05, 0) is 36.4 Å². The lowest BCUT2D eigenvalue weighted by Gasteiger charge is -2.13. The van der Waals surface area contributed by atoms with Crippen molar-refractivity contribution < 1.29 is 14.3 Å². The number of anilines is 1. The monoisotopic (exact) mass is 435 g/mol. The number of nitrogens with zero attached hydrogens (tertiary/aromatic N) is 4. The van der Waals surface area contributed by atoms with E-state index in [4.69, 9.17) is 9.47 Å². The van der Waals surface area contributed by atoms with E-state index in [1.54, 1.807) is 20.3 Å². The van der Waals surface area contributed by atoms with Gasteiger partial charge in [-0.25, -0.2) is 4.68 Å². The predicted octanol–water partition coefficient (Wildman–Crippen LogP) is 3.81. The molecular weight excluding hydrogens is 414 g/mol. The molecule has 0 aliphatic heterocycles. The first-order chi connectivity index (χ1) is 15.2. The SMILES string of the molecule is COc1cccc(NC(=O)CSc2nnc(-c3ccccc3OC)n2-n2cccc2)c1. The molecule has 0 bridgehead atoms. The van der Waals surface area contributed by atoms with Gasteiger partial charge in [-0.15, -0.1) is 10.2 Å². The molecular formula is C22H21N5O3S. The number of methoxy groups -OCH3 is 2. The number of hydrogen-bond acceptors (Lipinski definition) is 6. The quantitative estimate of drug-likeness (QED) is 0.424. The highest BCUT2D eigenvalue weighted by molar-refractivity contribution is 7.99. The van der Waals surface area contributed by atoms with Crippen molar-refractivity contribution in [1.82, 2.24) is 19.5 Å². The van der Waals surface area contributed by atoms with Crippen molar-refractivity contribution >= 4 is 23.4 Å². The molecule has 0 aliphatic carbocycles. The van der Waals surface area contributed by atoms with Gasteiger partial charge >= 0.3 is 0 Å². The van der Waals surface area contributed by atoms with E-state index in [9.17, 15) is 4.79 Å². The number of hydrogen-bond donors (Lipinski definition) is 1. The van der Waals surface area contributed by atoms with Gasteiger partial charge in [0.15, 0.2) is 5.82 Å². The van der Waals surface area contributed by atoms with E-state index in [-0.39, 0.29) is 11.7 Å². The van der Waals surface area contributed by atoms with Crippen LogP contribution in [0.25, 0.3) is 11.4 Å². The van der Waals surface area contributed by atoms with Crippen molar-refractivity contribution in [3.8, 4) is 22.9 Å². The minimum atomic E-state index is -0.154. The summed E-state index contributed by atoms with van der Waals surface area (Å²) < 4.78 is 14.4. The minimum Gasteiger partial charge on any atom is -0.497 e. The summed E-state index contributed by atoms with van der Waals surface area (Å²) in [5, 5.41) is 12.2. The highest BCUT2D eigenvalue weighted by Crippen LogP contribution is 2.31. The Hall–Kier alpha value is -3.72. The molecule has 0 atom stereocenters. The van der Waals surface area contributed by atoms with Crippen LogP contribution in [0, 0.1) is 0 Å². The molecule has 0 spiro atoms. The fraction of sp³-hybridized carbons (Fsp3) is 0.136. The Labute approximate surface area is 183 Å². The van der Waals surface area contributed by atoms with Crippen LogP contribution in [0.1, 0.15) is 0 Å². The lowest BCUT2D eigenvalue weighted by atomic mass is 10.2. The van der Waals surface area contributed by atoms with Gasteiger partial charge in [-0.3, -0.25) is 9.47 Å². The van der Waals surface area contributed by atoms with Gasteiger partial charge in [0.25, 0.3) is 0 Å². The van der Waals surface area contributed by atoms with Crippen LogP contribution < -0.4 is 14.8 Å². The zero-order chi connectivity index (χ0) is 21.6. The molecule has 0 saturated carbocycles. The maximum Gasteiger partial charge on any atom is 0.234 e. The molecule has 2 heterocycles. The molecule has 0 aliphatic rings. The van der Waals surface area contributed by atoms with Crippen molar-refractivity contribution in [3.63, 3.8) is 0 Å².